The molecule has 0 spiro atoms. The molecule has 2 aromatic carbocycles. The van der Waals surface area contributed by atoms with Gasteiger partial charge in [-0.25, -0.2) is 0 Å². The van der Waals surface area contributed by atoms with Crippen LogP contribution < -0.4 is 0 Å². The van der Waals surface area contributed by atoms with Crippen LogP contribution in [0.4, 0.5) is 0 Å². The van der Waals surface area contributed by atoms with E-state index in [-0.39, 0.29) is 12.2 Å². The Morgan fingerprint density at radius 3 is 2.24 bits per heavy atom. The molecule has 0 amide bonds. The van der Waals surface area contributed by atoms with E-state index in [1.54, 1.807) is 28.8 Å². The third-order valence-corrected chi connectivity index (χ3v) is 4.45. The van der Waals surface area contributed by atoms with E-state index in [1.807, 2.05) is 42.5 Å². The molecule has 1 heterocycles. The van der Waals surface area contributed by atoms with Crippen LogP contribution >= 0.6 is 15.9 Å². The molecule has 1 aromatic heterocycles. The van der Waals surface area contributed by atoms with Gasteiger partial charge >= 0.3 is 5.97 Å². The number of benzene rings is 2. The van der Waals surface area contributed by atoms with Crippen LogP contribution in [0.25, 0.3) is 0 Å². The Kier molecular flexibility index (Phi) is 5.14. The van der Waals surface area contributed by atoms with E-state index in [9.17, 15) is 9.59 Å². The van der Waals surface area contributed by atoms with Crippen molar-refractivity contribution in [3.63, 3.8) is 0 Å². The first-order chi connectivity index (χ1) is 12.0. The number of carbonyl (C=O) groups excluding carboxylic acids is 1. The highest BCUT2D eigenvalue weighted by Crippen LogP contribution is 2.19. The SMILES string of the molecule is O=C(O)Cc1ccc(C(=O)c2ccc(Br)cc2)n1Cc1ccccc1. The zero-order valence-electron chi connectivity index (χ0n) is 13.4. The number of hydrogen-bond donors (Lipinski definition) is 1. The van der Waals surface area contributed by atoms with E-state index >= 15 is 0 Å². The van der Waals surface area contributed by atoms with Gasteiger partial charge in [0, 0.05) is 22.3 Å². The maximum atomic E-state index is 12.9. The van der Waals surface area contributed by atoms with Crippen LogP contribution in [0.1, 0.15) is 27.3 Å². The molecule has 0 saturated heterocycles. The number of aromatic nitrogens is 1. The van der Waals surface area contributed by atoms with Crippen molar-refractivity contribution in [2.24, 2.45) is 0 Å². The van der Waals surface area contributed by atoms with Crippen molar-refractivity contribution in [3.05, 3.63) is 93.7 Å². The largest absolute Gasteiger partial charge is 0.481 e. The Labute approximate surface area is 153 Å². The topological polar surface area (TPSA) is 59.3 Å². The van der Waals surface area contributed by atoms with Gasteiger partial charge in [0.05, 0.1) is 12.1 Å². The summed E-state index contributed by atoms with van der Waals surface area (Å²) >= 11 is 3.36. The fourth-order valence-corrected chi connectivity index (χ4v) is 2.98. The number of halogens is 1. The second-order valence-electron chi connectivity index (χ2n) is 5.69. The van der Waals surface area contributed by atoms with Gasteiger partial charge in [-0.3, -0.25) is 9.59 Å². The first-order valence-electron chi connectivity index (χ1n) is 7.79. The summed E-state index contributed by atoms with van der Waals surface area (Å²) < 4.78 is 2.68. The quantitative estimate of drug-likeness (QED) is 0.635. The summed E-state index contributed by atoms with van der Waals surface area (Å²) in [6.07, 6.45) is -0.125. The molecular weight excluding hydrogens is 382 g/mol. The molecule has 4 nitrogen and oxygen atoms in total. The summed E-state index contributed by atoms with van der Waals surface area (Å²) in [5.41, 5.74) is 2.67. The minimum atomic E-state index is -0.921. The van der Waals surface area contributed by atoms with Crippen molar-refractivity contribution in [1.29, 1.82) is 0 Å². The minimum Gasteiger partial charge on any atom is -0.481 e. The van der Waals surface area contributed by atoms with E-state index in [0.717, 1.165) is 10.0 Å². The van der Waals surface area contributed by atoms with Crippen molar-refractivity contribution >= 4 is 27.7 Å². The second-order valence-corrected chi connectivity index (χ2v) is 6.60. The predicted octanol–water partition coefficient (Wildman–Crippen LogP) is 4.16. The fraction of sp³-hybridized carbons (Fsp3) is 0.100. The molecule has 25 heavy (non-hydrogen) atoms. The second kappa shape index (κ2) is 7.49. The van der Waals surface area contributed by atoms with E-state index in [2.05, 4.69) is 15.9 Å². The van der Waals surface area contributed by atoms with Crippen LogP contribution in [0.5, 0.6) is 0 Å². The van der Waals surface area contributed by atoms with Gasteiger partial charge in [-0.05, 0) is 42.0 Å². The summed E-state index contributed by atoms with van der Waals surface area (Å²) in [5, 5.41) is 9.15. The lowest BCUT2D eigenvalue weighted by Crippen LogP contribution is -2.15. The van der Waals surface area contributed by atoms with Gasteiger partial charge < -0.3 is 9.67 Å². The maximum absolute atomic E-state index is 12.9. The van der Waals surface area contributed by atoms with Crippen LogP contribution in [0, 0.1) is 0 Å². The number of carboxylic acids is 1. The molecule has 0 unspecified atom stereocenters. The average molecular weight is 398 g/mol. The van der Waals surface area contributed by atoms with Gasteiger partial charge in [-0.2, -0.15) is 0 Å². The lowest BCUT2D eigenvalue weighted by Gasteiger charge is -2.13. The number of aliphatic carboxylic acids is 1. The summed E-state index contributed by atoms with van der Waals surface area (Å²) in [5.74, 6) is -1.05. The van der Waals surface area contributed by atoms with Crippen LogP contribution in [-0.4, -0.2) is 21.4 Å². The molecular formula is C20H16BrNO3. The van der Waals surface area contributed by atoms with Crippen LogP contribution in [-0.2, 0) is 17.8 Å². The summed E-state index contributed by atoms with van der Waals surface area (Å²) in [4.78, 5) is 24.0. The molecule has 0 bridgehead atoms. The standard InChI is InChI=1S/C20H16BrNO3/c21-16-8-6-15(7-9-16)20(25)18-11-10-17(12-19(23)24)22(18)13-14-4-2-1-3-5-14/h1-11H,12-13H2,(H,23,24). The zero-order chi connectivity index (χ0) is 17.8. The Bertz CT molecular complexity index is 898. The van der Waals surface area contributed by atoms with Crippen molar-refractivity contribution in [1.82, 2.24) is 4.57 Å². The van der Waals surface area contributed by atoms with Crippen LogP contribution in [0.3, 0.4) is 0 Å². The Balaban J connectivity index is 2.00. The fourth-order valence-electron chi connectivity index (χ4n) is 2.72. The molecule has 0 radical (unpaired) electrons. The molecule has 5 heteroatoms. The molecule has 0 aliphatic rings. The van der Waals surface area contributed by atoms with Crippen molar-refractivity contribution in [2.75, 3.05) is 0 Å². The normalized spacial score (nSPS) is 10.6. The third-order valence-electron chi connectivity index (χ3n) is 3.93. The van der Waals surface area contributed by atoms with Crippen LogP contribution in [0.2, 0.25) is 0 Å². The summed E-state index contributed by atoms with van der Waals surface area (Å²) in [7, 11) is 0. The number of rotatable bonds is 6. The van der Waals surface area contributed by atoms with E-state index in [0.29, 0.717) is 23.5 Å². The molecule has 0 fully saturated rings. The first-order valence-corrected chi connectivity index (χ1v) is 8.58. The Morgan fingerprint density at radius 1 is 0.920 bits per heavy atom. The molecule has 1 N–H and O–H groups in total. The van der Waals surface area contributed by atoms with Crippen molar-refractivity contribution in [3.8, 4) is 0 Å². The van der Waals surface area contributed by atoms with Gasteiger partial charge in [0.25, 0.3) is 0 Å². The highest BCUT2D eigenvalue weighted by Gasteiger charge is 2.18. The molecule has 3 aromatic rings. The monoisotopic (exact) mass is 397 g/mol. The van der Waals surface area contributed by atoms with E-state index in [4.69, 9.17) is 5.11 Å². The molecule has 0 atom stereocenters. The number of carbonyl (C=O) groups is 2. The Morgan fingerprint density at radius 2 is 1.60 bits per heavy atom. The molecule has 0 aliphatic heterocycles. The third kappa shape index (κ3) is 4.06. The molecule has 3 rings (SSSR count). The van der Waals surface area contributed by atoms with Gasteiger partial charge in [0.1, 0.15) is 0 Å². The highest BCUT2D eigenvalue weighted by atomic mass is 79.9. The number of carboxylic acid groups (broad SMARTS) is 1. The van der Waals surface area contributed by atoms with E-state index < -0.39 is 5.97 Å². The van der Waals surface area contributed by atoms with Crippen molar-refractivity contribution in [2.45, 2.75) is 13.0 Å². The van der Waals surface area contributed by atoms with E-state index in [1.165, 1.54) is 0 Å². The molecule has 126 valence electrons. The number of ketones is 1. The zero-order valence-corrected chi connectivity index (χ0v) is 14.9. The number of nitrogens with zero attached hydrogens (tertiary/aromatic N) is 1. The number of hydrogen-bond acceptors (Lipinski definition) is 2. The minimum absolute atomic E-state index is 0.125. The lowest BCUT2D eigenvalue weighted by molar-refractivity contribution is -0.136. The van der Waals surface area contributed by atoms with Gasteiger partial charge in [-0.1, -0.05) is 46.3 Å². The maximum Gasteiger partial charge on any atom is 0.309 e. The van der Waals surface area contributed by atoms with Gasteiger partial charge in [-0.15, -0.1) is 0 Å². The Hall–Kier alpha value is -2.66. The van der Waals surface area contributed by atoms with Crippen LogP contribution in [0.15, 0.2) is 71.2 Å². The molecule has 0 aliphatic carbocycles. The highest BCUT2D eigenvalue weighted by molar-refractivity contribution is 9.10. The predicted molar refractivity (Wildman–Crippen MR) is 98.9 cm³/mol. The van der Waals surface area contributed by atoms with Crippen molar-refractivity contribution < 1.29 is 14.7 Å². The molecule has 0 saturated carbocycles. The smallest absolute Gasteiger partial charge is 0.309 e. The lowest BCUT2D eigenvalue weighted by atomic mass is 10.1. The summed E-state index contributed by atoms with van der Waals surface area (Å²) in [6.45, 7) is 0.452. The summed E-state index contributed by atoms with van der Waals surface area (Å²) in [6, 6.07) is 20.2. The van der Waals surface area contributed by atoms with Gasteiger partial charge in [0.15, 0.2) is 0 Å². The average Bonchev–Trinajstić information content (AvgIpc) is 2.97. The van der Waals surface area contributed by atoms with Gasteiger partial charge in [0.2, 0.25) is 5.78 Å². The first kappa shape index (κ1) is 17.2.